The first-order chi connectivity index (χ1) is 12.8. The number of carbonyl (C=O) groups excluding carboxylic acids is 1. The van der Waals surface area contributed by atoms with E-state index in [-0.39, 0.29) is 68.9 Å². The first-order valence-corrected chi connectivity index (χ1v) is 11.0. The maximum atomic E-state index is 12.5. The Balaban J connectivity index is 0.00000225. The fourth-order valence-electron chi connectivity index (χ4n) is 3.84. The van der Waals surface area contributed by atoms with Gasteiger partial charge in [0.1, 0.15) is 10.6 Å². The molecule has 144 valence electrons. The largest absolute Gasteiger partial charge is 1.00 e. The van der Waals surface area contributed by atoms with E-state index in [1.807, 2.05) is 0 Å². The number of aryl methyl sites for hydroxylation is 2. The summed E-state index contributed by atoms with van der Waals surface area (Å²) in [6.07, 6.45) is 7.64. The van der Waals surface area contributed by atoms with Gasteiger partial charge in [-0.1, -0.05) is 6.07 Å². The zero-order valence-corrected chi connectivity index (χ0v) is 24.3. The van der Waals surface area contributed by atoms with Crippen molar-refractivity contribution in [3.05, 3.63) is 39.5 Å². The van der Waals surface area contributed by atoms with Crippen LogP contribution in [0.4, 0.5) is 10.5 Å². The Morgan fingerprint density at radius 3 is 2.36 bits per heavy atom. The van der Waals surface area contributed by atoms with Crippen LogP contribution in [0.25, 0.3) is 0 Å². The summed E-state index contributed by atoms with van der Waals surface area (Å²) in [7, 11) is -1.84. The number of aromatic nitrogens is 1. The van der Waals surface area contributed by atoms with Crippen molar-refractivity contribution in [1.29, 1.82) is 0 Å². The molecule has 2 aliphatic carbocycles. The number of hydrogen-bond donors (Lipinski definition) is 2. The molecular formula is C19H22CsN3O3S2. The van der Waals surface area contributed by atoms with Crippen molar-refractivity contribution < 1.29 is 83.0 Å². The Morgan fingerprint density at radius 2 is 1.82 bits per heavy atom. The first kappa shape index (κ1) is 23.0. The quantitative estimate of drug-likeness (QED) is 0.574. The fourth-order valence-corrected chi connectivity index (χ4v) is 5.55. The van der Waals surface area contributed by atoms with E-state index in [9.17, 15) is 14.1 Å². The number of thiazole rings is 1. The average molecular weight is 537 g/mol. The Labute approximate surface area is 229 Å². The predicted octanol–water partition coefficient (Wildman–Crippen LogP) is 1.09. The van der Waals surface area contributed by atoms with Gasteiger partial charge >= 0.3 is 74.9 Å². The van der Waals surface area contributed by atoms with Crippen molar-refractivity contribution in [2.45, 2.75) is 62.2 Å². The van der Waals surface area contributed by atoms with Crippen LogP contribution in [-0.2, 0) is 46.1 Å². The van der Waals surface area contributed by atoms with Crippen molar-refractivity contribution in [3.8, 4) is 0 Å². The number of carbonyl (C=O) groups is 1. The maximum absolute atomic E-state index is 12.5. The number of aliphatic hydroxyl groups is 1. The molecule has 1 aromatic carbocycles. The molecule has 0 fully saturated rings. The number of nitrogens with zero attached hydrogens (tertiary/aromatic N) is 2. The summed E-state index contributed by atoms with van der Waals surface area (Å²) in [5.41, 5.74) is 4.86. The summed E-state index contributed by atoms with van der Waals surface area (Å²) in [5, 5.41) is 13.3. The number of anilines is 1. The van der Waals surface area contributed by atoms with Crippen LogP contribution >= 0.6 is 11.3 Å². The molecule has 0 saturated heterocycles. The fraction of sp³-hybridized carbons (Fsp3) is 0.474. The third kappa shape index (κ3) is 4.78. The van der Waals surface area contributed by atoms with E-state index in [0.717, 1.165) is 55.5 Å². The molecule has 0 saturated carbocycles. The third-order valence-electron chi connectivity index (χ3n) is 5.05. The summed E-state index contributed by atoms with van der Waals surface area (Å²) < 4.78 is 16.6. The van der Waals surface area contributed by atoms with Gasteiger partial charge in [-0.2, -0.15) is 0 Å². The second-order valence-corrected chi connectivity index (χ2v) is 9.96. The SMILES string of the molecule is CC(C)(O)c1ncc([S-](=O)=NC(=O)Nc2c3c(cc4c2CCC4)CCC3)s1.[Cs+]. The number of hydrogen-bond acceptors (Lipinski definition) is 6. The van der Waals surface area contributed by atoms with Crippen LogP contribution in [0.5, 0.6) is 0 Å². The normalized spacial score (nSPS) is 16.4. The Bertz CT molecular complexity index is 972. The van der Waals surface area contributed by atoms with Gasteiger partial charge in [-0.3, -0.25) is 0 Å². The molecule has 6 nitrogen and oxygen atoms in total. The Morgan fingerprint density at radius 1 is 1.21 bits per heavy atom. The molecule has 9 heteroatoms. The van der Waals surface area contributed by atoms with Crippen LogP contribution in [-0.4, -0.2) is 16.1 Å². The van der Waals surface area contributed by atoms with Gasteiger partial charge in [0.05, 0.1) is 0 Å². The number of urea groups is 1. The molecule has 2 amide bonds. The van der Waals surface area contributed by atoms with Gasteiger partial charge in [0.2, 0.25) is 0 Å². The number of nitrogens with one attached hydrogen (secondary N) is 1. The molecule has 0 bridgehead atoms. The summed E-state index contributed by atoms with van der Waals surface area (Å²) in [6, 6.07) is 1.70. The summed E-state index contributed by atoms with van der Waals surface area (Å²) in [4.78, 5) is 16.5. The molecular weight excluding hydrogens is 515 g/mol. The van der Waals surface area contributed by atoms with Crippen LogP contribution in [0.1, 0.15) is 54.0 Å². The van der Waals surface area contributed by atoms with E-state index in [0.29, 0.717) is 9.22 Å². The predicted molar refractivity (Wildman–Crippen MR) is 106 cm³/mol. The third-order valence-corrected chi connectivity index (χ3v) is 7.61. The average Bonchev–Trinajstić information content (AvgIpc) is 3.33. The first-order valence-electron chi connectivity index (χ1n) is 9.12. The zero-order chi connectivity index (χ0) is 19.2. The molecule has 2 aromatic rings. The molecule has 2 N–H and O–H groups in total. The Hall–Kier alpha value is 0.282. The topological polar surface area (TPSA) is 91.7 Å². The molecule has 28 heavy (non-hydrogen) atoms. The van der Waals surface area contributed by atoms with Gasteiger partial charge in [-0.05, 0) is 78.8 Å². The van der Waals surface area contributed by atoms with Crippen molar-refractivity contribution in [2.24, 2.45) is 4.36 Å². The van der Waals surface area contributed by atoms with Crippen molar-refractivity contribution in [1.82, 2.24) is 4.98 Å². The minimum absolute atomic E-state index is 0. The van der Waals surface area contributed by atoms with Gasteiger partial charge in [-0.15, -0.1) is 21.9 Å². The minimum Gasteiger partial charge on any atom is -0.439 e. The van der Waals surface area contributed by atoms with E-state index in [1.54, 1.807) is 13.8 Å². The van der Waals surface area contributed by atoms with E-state index in [1.165, 1.54) is 28.5 Å². The molecule has 0 unspecified atom stereocenters. The molecule has 1 heterocycles. The van der Waals surface area contributed by atoms with Crippen molar-refractivity contribution in [2.75, 3.05) is 5.32 Å². The number of fused-ring (bicyclic) bond motifs is 2. The van der Waals surface area contributed by atoms with E-state index < -0.39 is 22.2 Å². The van der Waals surface area contributed by atoms with Gasteiger partial charge < -0.3 is 19.0 Å². The van der Waals surface area contributed by atoms with Crippen LogP contribution in [0.15, 0.2) is 20.8 Å². The molecule has 1 aromatic heterocycles. The molecule has 2 aliphatic rings. The van der Waals surface area contributed by atoms with Crippen molar-refractivity contribution >= 4 is 33.7 Å². The van der Waals surface area contributed by atoms with Gasteiger partial charge in [0.25, 0.3) is 0 Å². The van der Waals surface area contributed by atoms with Crippen LogP contribution in [0, 0.1) is 0 Å². The molecule has 0 aliphatic heterocycles. The zero-order valence-electron chi connectivity index (χ0n) is 16.4. The van der Waals surface area contributed by atoms with Crippen LogP contribution in [0.3, 0.4) is 0 Å². The minimum atomic E-state index is -1.84. The van der Waals surface area contributed by atoms with E-state index in [2.05, 4.69) is 20.7 Å². The number of benzene rings is 1. The summed E-state index contributed by atoms with van der Waals surface area (Å²) in [6.45, 7) is 3.22. The molecule has 0 atom stereocenters. The summed E-state index contributed by atoms with van der Waals surface area (Å²) >= 11 is 1.10. The van der Waals surface area contributed by atoms with Crippen LogP contribution in [0.2, 0.25) is 0 Å². The monoisotopic (exact) mass is 537 g/mol. The molecule has 4 rings (SSSR count). The van der Waals surface area contributed by atoms with Crippen LogP contribution < -0.4 is 74.2 Å². The van der Waals surface area contributed by atoms with Gasteiger partial charge in [0, 0.05) is 11.9 Å². The van der Waals surface area contributed by atoms with Gasteiger partial charge in [0.15, 0.2) is 0 Å². The smallest absolute Gasteiger partial charge is 0.439 e. The van der Waals surface area contributed by atoms with E-state index in [4.69, 9.17) is 0 Å². The maximum Gasteiger partial charge on any atom is 1.00 e. The molecule has 0 radical (unpaired) electrons. The number of rotatable bonds is 3. The standard InChI is InChI=1S/C19H22N3O3S2.Cs/c1-19(2,24)17-20-10-15(26-17)27(25)22-18(23)21-16-13-7-3-5-11(13)9-12-6-4-8-14(12)16;/h9-10,24H,3-8H2,1-2H3,(H,21,23);/q-1;+1. The molecule has 0 spiro atoms. The van der Waals surface area contributed by atoms with Gasteiger partial charge in [-0.25, -0.2) is 9.78 Å². The second kappa shape index (κ2) is 9.19. The summed E-state index contributed by atoms with van der Waals surface area (Å²) in [5.74, 6) is 0. The second-order valence-electron chi connectivity index (χ2n) is 7.55. The van der Waals surface area contributed by atoms with E-state index >= 15 is 0 Å². The number of amides is 2. The Kier molecular flexibility index (Phi) is 7.53. The van der Waals surface area contributed by atoms with Crippen molar-refractivity contribution in [3.63, 3.8) is 0 Å².